The van der Waals surface area contributed by atoms with Crippen molar-refractivity contribution in [1.29, 1.82) is 0 Å². The molecule has 0 radical (unpaired) electrons. The fourth-order valence-electron chi connectivity index (χ4n) is 0.580. The van der Waals surface area contributed by atoms with Crippen molar-refractivity contribution >= 4 is 15.9 Å². The van der Waals surface area contributed by atoms with Gasteiger partial charge in [-0.25, -0.2) is 9.97 Å². The van der Waals surface area contributed by atoms with Crippen LogP contribution < -0.4 is 0 Å². The number of rotatable bonds is 2. The SMILES string of the molecule is COCc1cnc(Br)nc1. The third kappa shape index (κ3) is 2.04. The maximum Gasteiger partial charge on any atom is 0.196 e. The van der Waals surface area contributed by atoms with Crippen LogP contribution in [-0.4, -0.2) is 17.1 Å². The average Bonchev–Trinajstić information content (AvgIpc) is 1.95. The molecule has 0 aliphatic heterocycles. The summed E-state index contributed by atoms with van der Waals surface area (Å²) in [5.41, 5.74) is 0.978. The topological polar surface area (TPSA) is 35.0 Å². The van der Waals surface area contributed by atoms with Crippen LogP contribution in [0, 0.1) is 0 Å². The summed E-state index contributed by atoms with van der Waals surface area (Å²) in [6.45, 7) is 0.563. The van der Waals surface area contributed by atoms with Crippen LogP contribution in [0.25, 0.3) is 0 Å². The van der Waals surface area contributed by atoms with E-state index in [1.807, 2.05) is 0 Å². The number of nitrogens with zero attached hydrogens (tertiary/aromatic N) is 2. The average molecular weight is 203 g/mol. The summed E-state index contributed by atoms with van der Waals surface area (Å²) >= 11 is 3.13. The maximum absolute atomic E-state index is 4.87. The zero-order chi connectivity index (χ0) is 7.40. The summed E-state index contributed by atoms with van der Waals surface area (Å²) < 4.78 is 5.48. The van der Waals surface area contributed by atoms with Crippen molar-refractivity contribution in [3.05, 3.63) is 22.7 Å². The van der Waals surface area contributed by atoms with E-state index in [0.29, 0.717) is 11.3 Å². The highest BCUT2D eigenvalue weighted by Crippen LogP contribution is 2.01. The fraction of sp³-hybridized carbons (Fsp3) is 0.333. The van der Waals surface area contributed by atoms with Gasteiger partial charge in [0.2, 0.25) is 0 Å². The van der Waals surface area contributed by atoms with Gasteiger partial charge in [0.1, 0.15) is 0 Å². The first-order valence-electron chi connectivity index (χ1n) is 2.78. The number of halogens is 1. The second-order valence-corrected chi connectivity index (χ2v) is 2.50. The number of aromatic nitrogens is 2. The molecule has 0 aromatic carbocycles. The van der Waals surface area contributed by atoms with E-state index in [9.17, 15) is 0 Å². The summed E-state index contributed by atoms with van der Waals surface area (Å²) in [4.78, 5) is 7.85. The van der Waals surface area contributed by atoms with Gasteiger partial charge in [-0.2, -0.15) is 0 Å². The Morgan fingerprint density at radius 1 is 1.50 bits per heavy atom. The number of hydrogen-bond donors (Lipinski definition) is 0. The van der Waals surface area contributed by atoms with Gasteiger partial charge in [0, 0.05) is 25.1 Å². The highest BCUT2D eigenvalue weighted by Gasteiger charge is 1.91. The molecule has 0 fully saturated rings. The molecule has 0 unspecified atom stereocenters. The normalized spacial score (nSPS) is 9.80. The van der Waals surface area contributed by atoms with Crippen LogP contribution in [0.4, 0.5) is 0 Å². The third-order valence-corrected chi connectivity index (χ3v) is 1.39. The molecule has 0 bridgehead atoms. The van der Waals surface area contributed by atoms with Crippen molar-refractivity contribution in [1.82, 2.24) is 9.97 Å². The lowest BCUT2D eigenvalue weighted by molar-refractivity contribution is 0.184. The van der Waals surface area contributed by atoms with Gasteiger partial charge in [-0.05, 0) is 15.9 Å². The molecule has 1 heterocycles. The fourth-order valence-corrected chi connectivity index (χ4v) is 0.785. The lowest BCUT2D eigenvalue weighted by Gasteiger charge is -1.95. The second-order valence-electron chi connectivity index (χ2n) is 1.79. The molecule has 1 rings (SSSR count). The number of ether oxygens (including phenoxy) is 1. The van der Waals surface area contributed by atoms with Gasteiger partial charge in [0.25, 0.3) is 0 Å². The Labute approximate surface area is 67.6 Å². The van der Waals surface area contributed by atoms with Crippen LogP contribution >= 0.6 is 15.9 Å². The molecule has 0 saturated carbocycles. The largest absolute Gasteiger partial charge is 0.380 e. The molecular weight excluding hydrogens is 196 g/mol. The zero-order valence-electron chi connectivity index (χ0n) is 5.54. The Hall–Kier alpha value is -0.480. The van der Waals surface area contributed by atoms with Crippen LogP contribution in [0.1, 0.15) is 5.56 Å². The van der Waals surface area contributed by atoms with Gasteiger partial charge in [-0.1, -0.05) is 0 Å². The van der Waals surface area contributed by atoms with E-state index < -0.39 is 0 Å². The zero-order valence-corrected chi connectivity index (χ0v) is 7.13. The van der Waals surface area contributed by atoms with Crippen LogP contribution in [-0.2, 0) is 11.3 Å². The smallest absolute Gasteiger partial charge is 0.196 e. The summed E-state index contributed by atoms with van der Waals surface area (Å²) in [5, 5.41) is 0. The number of methoxy groups -OCH3 is 1. The first kappa shape index (κ1) is 7.63. The molecule has 1 aromatic heterocycles. The summed E-state index contributed by atoms with van der Waals surface area (Å²) in [6, 6.07) is 0. The van der Waals surface area contributed by atoms with E-state index in [0.717, 1.165) is 5.56 Å². The van der Waals surface area contributed by atoms with E-state index in [-0.39, 0.29) is 0 Å². The maximum atomic E-state index is 4.87. The highest BCUT2D eigenvalue weighted by atomic mass is 79.9. The minimum absolute atomic E-state index is 0.563. The molecule has 0 spiro atoms. The molecule has 0 saturated heterocycles. The minimum Gasteiger partial charge on any atom is -0.380 e. The molecule has 3 nitrogen and oxygen atoms in total. The van der Waals surface area contributed by atoms with E-state index in [1.54, 1.807) is 19.5 Å². The number of hydrogen-bond acceptors (Lipinski definition) is 3. The van der Waals surface area contributed by atoms with E-state index in [1.165, 1.54) is 0 Å². The van der Waals surface area contributed by atoms with Crippen molar-refractivity contribution in [3.63, 3.8) is 0 Å². The molecule has 0 aliphatic rings. The molecule has 0 N–H and O–H groups in total. The minimum atomic E-state index is 0.563. The van der Waals surface area contributed by atoms with Crippen molar-refractivity contribution in [2.45, 2.75) is 6.61 Å². The molecule has 0 aliphatic carbocycles. The molecule has 0 amide bonds. The quantitative estimate of drug-likeness (QED) is 0.681. The Morgan fingerprint density at radius 2 is 2.10 bits per heavy atom. The predicted molar refractivity (Wildman–Crippen MR) is 40.4 cm³/mol. The Kier molecular flexibility index (Phi) is 2.77. The van der Waals surface area contributed by atoms with Crippen LogP contribution in [0.3, 0.4) is 0 Å². The Balaban J connectivity index is 2.69. The molecule has 0 atom stereocenters. The van der Waals surface area contributed by atoms with Gasteiger partial charge >= 0.3 is 0 Å². The first-order chi connectivity index (χ1) is 4.83. The van der Waals surface area contributed by atoms with E-state index in [4.69, 9.17) is 4.74 Å². The van der Waals surface area contributed by atoms with E-state index in [2.05, 4.69) is 25.9 Å². The Morgan fingerprint density at radius 3 is 2.60 bits per heavy atom. The monoisotopic (exact) mass is 202 g/mol. The van der Waals surface area contributed by atoms with Crippen molar-refractivity contribution in [2.75, 3.05) is 7.11 Å². The third-order valence-electron chi connectivity index (χ3n) is 0.985. The lowest BCUT2D eigenvalue weighted by Crippen LogP contribution is -1.90. The van der Waals surface area contributed by atoms with Gasteiger partial charge in [0.05, 0.1) is 6.61 Å². The summed E-state index contributed by atoms with van der Waals surface area (Å²) in [7, 11) is 1.64. The first-order valence-corrected chi connectivity index (χ1v) is 3.57. The van der Waals surface area contributed by atoms with Gasteiger partial charge in [0.15, 0.2) is 4.73 Å². The predicted octanol–water partition coefficient (Wildman–Crippen LogP) is 1.39. The molecule has 4 heteroatoms. The second kappa shape index (κ2) is 3.63. The molecule has 1 aromatic rings. The van der Waals surface area contributed by atoms with Crippen molar-refractivity contribution in [2.24, 2.45) is 0 Å². The van der Waals surface area contributed by atoms with Crippen LogP contribution in [0.15, 0.2) is 17.1 Å². The van der Waals surface area contributed by atoms with Crippen molar-refractivity contribution < 1.29 is 4.74 Å². The molecule has 54 valence electrons. The van der Waals surface area contributed by atoms with Gasteiger partial charge in [-0.3, -0.25) is 0 Å². The summed E-state index contributed by atoms with van der Waals surface area (Å²) in [5.74, 6) is 0. The highest BCUT2D eigenvalue weighted by molar-refractivity contribution is 9.10. The lowest BCUT2D eigenvalue weighted by atomic mass is 10.4. The molecular formula is C6H7BrN2O. The van der Waals surface area contributed by atoms with Gasteiger partial charge < -0.3 is 4.74 Å². The summed E-state index contributed by atoms with van der Waals surface area (Å²) in [6.07, 6.45) is 3.45. The molecule has 10 heavy (non-hydrogen) atoms. The van der Waals surface area contributed by atoms with Crippen LogP contribution in [0.2, 0.25) is 0 Å². The Bertz CT molecular complexity index is 199. The standard InChI is InChI=1S/C6H7BrN2O/c1-10-4-5-2-8-6(7)9-3-5/h2-3H,4H2,1H3. The van der Waals surface area contributed by atoms with E-state index >= 15 is 0 Å². The van der Waals surface area contributed by atoms with Crippen LogP contribution in [0.5, 0.6) is 0 Å². The van der Waals surface area contributed by atoms with Crippen molar-refractivity contribution in [3.8, 4) is 0 Å². The van der Waals surface area contributed by atoms with Gasteiger partial charge in [-0.15, -0.1) is 0 Å².